The maximum atomic E-state index is 5.90. The molecule has 1 N–H and O–H groups in total. The molecule has 0 bridgehead atoms. The van der Waals surface area contributed by atoms with Crippen LogP contribution in [0.5, 0.6) is 0 Å². The minimum Gasteiger partial charge on any atom is -0.383 e. The van der Waals surface area contributed by atoms with Gasteiger partial charge in [0.05, 0.1) is 25.5 Å². The number of ether oxygens (including phenoxy) is 2. The van der Waals surface area contributed by atoms with Crippen LogP contribution in [0, 0.1) is 6.92 Å². The Bertz CT molecular complexity index is 608. The minimum atomic E-state index is 0.0496. The van der Waals surface area contributed by atoms with Crippen LogP contribution in [-0.4, -0.2) is 36.6 Å². The maximum absolute atomic E-state index is 5.90. The number of nitrogens with one attached hydrogen (secondary N) is 1. The van der Waals surface area contributed by atoms with Crippen molar-refractivity contribution in [3.8, 4) is 0 Å². The van der Waals surface area contributed by atoms with E-state index < -0.39 is 0 Å². The molecule has 0 aliphatic carbocycles. The maximum Gasteiger partial charge on any atom is 0.114 e. The van der Waals surface area contributed by atoms with E-state index in [2.05, 4.69) is 35.7 Å². The second kappa shape index (κ2) is 7.37. The third-order valence-corrected chi connectivity index (χ3v) is 4.82. The van der Waals surface area contributed by atoms with E-state index in [0.29, 0.717) is 6.61 Å². The summed E-state index contributed by atoms with van der Waals surface area (Å²) in [6.45, 7) is 6.06. The standard InChI is InChI=1S/C16H23N3O2S/c1-12-3-4-14(22-12)9-17-10-15-16-13(5-7-21-15)11-19(18-16)6-8-20-2/h3-4,11,15,17H,5-10H2,1-2H3. The van der Waals surface area contributed by atoms with Gasteiger partial charge in [0.2, 0.25) is 0 Å². The number of fused-ring (bicyclic) bond motifs is 1. The molecular weight excluding hydrogens is 298 g/mol. The average molecular weight is 321 g/mol. The number of rotatable bonds is 7. The van der Waals surface area contributed by atoms with Gasteiger partial charge in [0.1, 0.15) is 6.10 Å². The van der Waals surface area contributed by atoms with Gasteiger partial charge < -0.3 is 14.8 Å². The first-order valence-corrected chi connectivity index (χ1v) is 8.50. The van der Waals surface area contributed by atoms with Crippen molar-refractivity contribution in [1.29, 1.82) is 0 Å². The van der Waals surface area contributed by atoms with Crippen molar-refractivity contribution in [3.05, 3.63) is 39.3 Å². The lowest BCUT2D eigenvalue weighted by Gasteiger charge is -2.22. The van der Waals surface area contributed by atoms with Crippen LogP contribution in [0.1, 0.15) is 27.1 Å². The molecular formula is C16H23N3O2S. The summed E-state index contributed by atoms with van der Waals surface area (Å²) in [7, 11) is 1.71. The van der Waals surface area contributed by atoms with Crippen molar-refractivity contribution >= 4 is 11.3 Å². The second-order valence-electron chi connectivity index (χ2n) is 5.55. The van der Waals surface area contributed by atoms with Crippen LogP contribution in [0.4, 0.5) is 0 Å². The zero-order valence-corrected chi connectivity index (χ0v) is 14.0. The van der Waals surface area contributed by atoms with Crippen molar-refractivity contribution in [2.75, 3.05) is 26.9 Å². The smallest absolute Gasteiger partial charge is 0.114 e. The van der Waals surface area contributed by atoms with Gasteiger partial charge >= 0.3 is 0 Å². The van der Waals surface area contributed by atoms with E-state index in [0.717, 1.165) is 38.4 Å². The highest BCUT2D eigenvalue weighted by atomic mass is 32.1. The number of aryl methyl sites for hydroxylation is 1. The van der Waals surface area contributed by atoms with Crippen LogP contribution in [0.25, 0.3) is 0 Å². The molecule has 1 aliphatic heterocycles. The van der Waals surface area contributed by atoms with Gasteiger partial charge in [-0.15, -0.1) is 11.3 Å². The van der Waals surface area contributed by atoms with Gasteiger partial charge in [-0.25, -0.2) is 0 Å². The second-order valence-corrected chi connectivity index (χ2v) is 6.92. The summed E-state index contributed by atoms with van der Waals surface area (Å²) in [5.74, 6) is 0. The van der Waals surface area contributed by atoms with Gasteiger partial charge in [-0.05, 0) is 31.0 Å². The Hall–Kier alpha value is -1.21. The lowest BCUT2D eigenvalue weighted by atomic mass is 10.1. The Morgan fingerprint density at radius 2 is 2.41 bits per heavy atom. The third kappa shape index (κ3) is 3.76. The van der Waals surface area contributed by atoms with Gasteiger partial charge in [-0.1, -0.05) is 0 Å². The molecule has 0 fully saturated rings. The fourth-order valence-electron chi connectivity index (χ4n) is 2.69. The van der Waals surface area contributed by atoms with Crippen molar-refractivity contribution in [2.45, 2.75) is 32.5 Å². The highest BCUT2D eigenvalue weighted by Crippen LogP contribution is 2.25. The predicted molar refractivity (Wildman–Crippen MR) is 87.3 cm³/mol. The first kappa shape index (κ1) is 15.7. The van der Waals surface area contributed by atoms with E-state index in [1.54, 1.807) is 7.11 Å². The molecule has 6 heteroatoms. The molecule has 0 aromatic carbocycles. The summed E-state index contributed by atoms with van der Waals surface area (Å²) in [5.41, 5.74) is 2.39. The lowest BCUT2D eigenvalue weighted by molar-refractivity contribution is 0.0392. The van der Waals surface area contributed by atoms with Gasteiger partial charge in [0, 0.05) is 36.2 Å². The van der Waals surface area contributed by atoms with E-state index in [1.165, 1.54) is 15.3 Å². The zero-order chi connectivity index (χ0) is 15.4. The first-order chi connectivity index (χ1) is 10.8. The largest absolute Gasteiger partial charge is 0.383 e. The monoisotopic (exact) mass is 321 g/mol. The highest BCUT2D eigenvalue weighted by Gasteiger charge is 2.24. The third-order valence-electron chi connectivity index (χ3n) is 3.81. The summed E-state index contributed by atoms with van der Waals surface area (Å²) in [6.07, 6.45) is 3.13. The number of hydrogen-bond donors (Lipinski definition) is 1. The minimum absolute atomic E-state index is 0.0496. The molecule has 0 saturated heterocycles. The Labute approximate surface area is 135 Å². The van der Waals surface area contributed by atoms with Crippen molar-refractivity contribution < 1.29 is 9.47 Å². The molecule has 1 atom stereocenters. The van der Waals surface area contributed by atoms with E-state index in [-0.39, 0.29) is 6.10 Å². The average Bonchev–Trinajstić information content (AvgIpc) is 3.11. The molecule has 3 rings (SSSR count). The normalized spacial score (nSPS) is 17.6. The summed E-state index contributed by atoms with van der Waals surface area (Å²) in [4.78, 5) is 2.71. The van der Waals surface area contributed by atoms with Crippen LogP contribution in [0.15, 0.2) is 18.3 Å². The number of methoxy groups -OCH3 is 1. The molecule has 5 nitrogen and oxygen atoms in total. The topological polar surface area (TPSA) is 48.3 Å². The molecule has 0 amide bonds. The van der Waals surface area contributed by atoms with Crippen molar-refractivity contribution in [2.24, 2.45) is 0 Å². The van der Waals surface area contributed by atoms with Crippen LogP contribution in [-0.2, 0) is 29.0 Å². The van der Waals surface area contributed by atoms with Crippen LogP contribution < -0.4 is 5.32 Å². The van der Waals surface area contributed by atoms with Gasteiger partial charge in [-0.2, -0.15) is 5.10 Å². The van der Waals surface area contributed by atoms with E-state index in [9.17, 15) is 0 Å². The molecule has 0 saturated carbocycles. The first-order valence-electron chi connectivity index (χ1n) is 7.69. The van der Waals surface area contributed by atoms with E-state index >= 15 is 0 Å². The summed E-state index contributed by atoms with van der Waals surface area (Å²) < 4.78 is 13.0. The molecule has 1 aliphatic rings. The molecule has 2 aromatic heterocycles. The molecule has 0 spiro atoms. The number of nitrogens with zero attached hydrogens (tertiary/aromatic N) is 2. The van der Waals surface area contributed by atoms with Gasteiger partial charge in [-0.3, -0.25) is 4.68 Å². The van der Waals surface area contributed by atoms with E-state index in [1.807, 2.05) is 16.0 Å². The van der Waals surface area contributed by atoms with E-state index in [4.69, 9.17) is 9.47 Å². The van der Waals surface area contributed by atoms with Crippen molar-refractivity contribution in [3.63, 3.8) is 0 Å². The van der Waals surface area contributed by atoms with Crippen molar-refractivity contribution in [1.82, 2.24) is 15.1 Å². The summed E-state index contributed by atoms with van der Waals surface area (Å²) in [5, 5.41) is 8.16. The molecule has 2 aromatic rings. The lowest BCUT2D eigenvalue weighted by Crippen LogP contribution is -2.27. The molecule has 1 unspecified atom stereocenters. The van der Waals surface area contributed by atoms with Crippen LogP contribution >= 0.6 is 11.3 Å². The molecule has 22 heavy (non-hydrogen) atoms. The van der Waals surface area contributed by atoms with Crippen LogP contribution in [0.3, 0.4) is 0 Å². The van der Waals surface area contributed by atoms with Gasteiger partial charge in [0.25, 0.3) is 0 Å². The number of hydrogen-bond acceptors (Lipinski definition) is 5. The molecule has 3 heterocycles. The Morgan fingerprint density at radius 3 is 3.18 bits per heavy atom. The predicted octanol–water partition coefficient (Wildman–Crippen LogP) is 2.30. The number of aromatic nitrogens is 2. The highest BCUT2D eigenvalue weighted by molar-refractivity contribution is 7.11. The molecule has 0 radical (unpaired) electrons. The Balaban J connectivity index is 1.57. The zero-order valence-electron chi connectivity index (χ0n) is 13.2. The Morgan fingerprint density at radius 1 is 1.50 bits per heavy atom. The summed E-state index contributed by atoms with van der Waals surface area (Å²) >= 11 is 1.84. The molecule has 120 valence electrons. The quantitative estimate of drug-likeness (QED) is 0.850. The van der Waals surface area contributed by atoms with Gasteiger partial charge in [0.15, 0.2) is 0 Å². The Kier molecular flexibility index (Phi) is 5.25. The fraction of sp³-hybridized carbons (Fsp3) is 0.562. The fourth-order valence-corrected chi connectivity index (χ4v) is 3.55. The summed E-state index contributed by atoms with van der Waals surface area (Å²) in [6, 6.07) is 4.34. The number of thiophene rings is 1. The SMILES string of the molecule is COCCn1cc2c(n1)C(CNCc1ccc(C)s1)OCC2. The van der Waals surface area contributed by atoms with Crippen LogP contribution in [0.2, 0.25) is 0 Å².